The molecule has 2 aliphatic carbocycles. The monoisotopic (exact) mass is 448 g/mol. The van der Waals surface area contributed by atoms with Gasteiger partial charge in [-0.1, -0.05) is 25.0 Å². The molecule has 4 rings (SSSR count). The fraction of sp³-hybridized carbons (Fsp3) is 0.500. The van der Waals surface area contributed by atoms with Gasteiger partial charge in [0.05, 0.1) is 23.8 Å². The van der Waals surface area contributed by atoms with Crippen LogP contribution in [0.5, 0.6) is 5.88 Å². The van der Waals surface area contributed by atoms with Gasteiger partial charge in [0.2, 0.25) is 5.88 Å². The first-order chi connectivity index (χ1) is 15.3. The van der Waals surface area contributed by atoms with Gasteiger partial charge in [0, 0.05) is 24.2 Å². The summed E-state index contributed by atoms with van der Waals surface area (Å²) in [7, 11) is 0. The van der Waals surface area contributed by atoms with E-state index in [2.05, 4.69) is 10.3 Å². The summed E-state index contributed by atoms with van der Waals surface area (Å²) in [5.41, 5.74) is 0.525. The minimum absolute atomic E-state index is 0.0243. The highest BCUT2D eigenvalue weighted by Gasteiger charge is 2.30. The van der Waals surface area contributed by atoms with E-state index < -0.39 is 17.8 Å². The first kappa shape index (κ1) is 22.6. The van der Waals surface area contributed by atoms with Gasteiger partial charge in [0.1, 0.15) is 0 Å². The molecule has 1 aromatic carbocycles. The van der Waals surface area contributed by atoms with Crippen molar-refractivity contribution in [1.82, 2.24) is 10.3 Å². The average Bonchev–Trinajstić information content (AvgIpc) is 3.61. The Morgan fingerprint density at radius 3 is 2.50 bits per heavy atom. The number of halogens is 3. The molecule has 0 unspecified atom stereocenters. The van der Waals surface area contributed by atoms with E-state index in [4.69, 9.17) is 4.74 Å². The number of hydrogen-bond acceptors (Lipinski definition) is 4. The summed E-state index contributed by atoms with van der Waals surface area (Å²) in [5.74, 6) is 0.464. The molecule has 8 heteroatoms. The maximum absolute atomic E-state index is 12.9. The summed E-state index contributed by atoms with van der Waals surface area (Å²) in [5, 5.41) is 13.0. The Bertz CT molecular complexity index is 942. The van der Waals surface area contributed by atoms with Crippen molar-refractivity contribution in [3.63, 3.8) is 0 Å². The molecule has 2 fully saturated rings. The Morgan fingerprint density at radius 2 is 1.84 bits per heavy atom. The van der Waals surface area contributed by atoms with Crippen molar-refractivity contribution in [2.45, 2.75) is 50.8 Å². The molecule has 1 heterocycles. The molecule has 2 aromatic rings. The van der Waals surface area contributed by atoms with Crippen LogP contribution in [0.15, 0.2) is 36.5 Å². The summed E-state index contributed by atoms with van der Waals surface area (Å²) in [6.45, 7) is 0.862. The Labute approximate surface area is 185 Å². The van der Waals surface area contributed by atoms with Crippen LogP contribution in [0.3, 0.4) is 0 Å². The smallest absolute Gasteiger partial charge is 0.416 e. The van der Waals surface area contributed by atoms with Crippen molar-refractivity contribution >= 4 is 5.91 Å². The number of carbonyl (C=O) groups excluding carboxylic acids is 1. The molecule has 32 heavy (non-hydrogen) atoms. The van der Waals surface area contributed by atoms with Gasteiger partial charge in [-0.05, 0) is 55.4 Å². The number of hydrogen-bond donors (Lipinski definition) is 2. The van der Waals surface area contributed by atoms with Gasteiger partial charge in [-0.3, -0.25) is 4.79 Å². The van der Waals surface area contributed by atoms with Crippen molar-refractivity contribution in [2.24, 2.45) is 11.8 Å². The van der Waals surface area contributed by atoms with Crippen LogP contribution in [0.25, 0.3) is 11.1 Å². The Kier molecular flexibility index (Phi) is 6.69. The molecule has 0 radical (unpaired) electrons. The lowest BCUT2D eigenvalue weighted by Crippen LogP contribution is -2.36. The second-order valence-corrected chi connectivity index (χ2v) is 8.73. The zero-order valence-electron chi connectivity index (χ0n) is 17.7. The molecule has 2 atom stereocenters. The molecular formula is C24H27F3N2O3. The summed E-state index contributed by atoms with van der Waals surface area (Å²) >= 11 is 0. The highest BCUT2D eigenvalue weighted by atomic mass is 19.4. The number of benzene rings is 1. The minimum Gasteiger partial charge on any atom is -0.477 e. The number of aromatic nitrogens is 1. The lowest BCUT2D eigenvalue weighted by atomic mass is 9.86. The third kappa shape index (κ3) is 5.59. The Morgan fingerprint density at radius 1 is 1.12 bits per heavy atom. The zero-order chi connectivity index (χ0) is 22.7. The quantitative estimate of drug-likeness (QED) is 0.636. The minimum atomic E-state index is -4.42. The maximum atomic E-state index is 12.9. The summed E-state index contributed by atoms with van der Waals surface area (Å²) < 4.78 is 44.7. The predicted octanol–water partition coefficient (Wildman–Crippen LogP) is 4.84. The second-order valence-electron chi connectivity index (χ2n) is 8.73. The molecule has 2 aliphatic rings. The molecular weight excluding hydrogens is 421 g/mol. The van der Waals surface area contributed by atoms with Crippen LogP contribution >= 0.6 is 0 Å². The van der Waals surface area contributed by atoms with E-state index in [9.17, 15) is 23.1 Å². The maximum Gasteiger partial charge on any atom is 0.416 e. The van der Waals surface area contributed by atoms with Gasteiger partial charge in [0.15, 0.2) is 0 Å². The first-order valence-corrected chi connectivity index (χ1v) is 11.1. The van der Waals surface area contributed by atoms with Crippen molar-refractivity contribution in [3.05, 3.63) is 47.7 Å². The van der Waals surface area contributed by atoms with Gasteiger partial charge < -0.3 is 15.2 Å². The van der Waals surface area contributed by atoms with Crippen LogP contribution in [-0.4, -0.2) is 35.3 Å². The standard InChI is InChI=1S/C24H27F3N2O3/c25-24(26,27)19-9-7-16(8-10-19)20-11-18(13-29-23(20)32-14-15-5-6-15)22(31)28-12-17-3-1-2-4-21(17)30/h7-11,13,15,17,21,30H,1-6,12,14H2,(H,28,31)/t17-,21-/m0/s1. The molecule has 1 amide bonds. The fourth-order valence-corrected chi connectivity index (χ4v) is 3.97. The first-order valence-electron chi connectivity index (χ1n) is 11.1. The molecule has 2 saturated carbocycles. The number of pyridine rings is 1. The van der Waals surface area contributed by atoms with E-state index in [1.165, 1.54) is 18.3 Å². The number of nitrogens with zero attached hydrogens (tertiary/aromatic N) is 1. The lowest BCUT2D eigenvalue weighted by molar-refractivity contribution is -0.137. The lowest BCUT2D eigenvalue weighted by Gasteiger charge is -2.27. The third-order valence-corrected chi connectivity index (χ3v) is 6.18. The van der Waals surface area contributed by atoms with Gasteiger partial charge in [0.25, 0.3) is 5.91 Å². The van der Waals surface area contributed by atoms with E-state index in [1.54, 1.807) is 6.07 Å². The van der Waals surface area contributed by atoms with Crippen LogP contribution in [0.2, 0.25) is 0 Å². The van der Waals surface area contributed by atoms with Crippen LogP contribution in [0.1, 0.15) is 54.4 Å². The normalized spacial score (nSPS) is 21.2. The van der Waals surface area contributed by atoms with Crippen LogP contribution < -0.4 is 10.1 Å². The largest absolute Gasteiger partial charge is 0.477 e. The van der Waals surface area contributed by atoms with E-state index in [1.807, 2.05) is 0 Å². The van der Waals surface area contributed by atoms with E-state index in [-0.39, 0.29) is 11.8 Å². The van der Waals surface area contributed by atoms with Crippen molar-refractivity contribution in [1.29, 1.82) is 0 Å². The average molecular weight is 448 g/mol. The number of carbonyl (C=O) groups is 1. The zero-order valence-corrected chi connectivity index (χ0v) is 17.7. The van der Waals surface area contributed by atoms with Gasteiger partial charge in [-0.15, -0.1) is 0 Å². The van der Waals surface area contributed by atoms with Crippen LogP contribution in [0.4, 0.5) is 13.2 Å². The van der Waals surface area contributed by atoms with Gasteiger partial charge in [-0.2, -0.15) is 13.2 Å². The van der Waals surface area contributed by atoms with Gasteiger partial charge >= 0.3 is 6.18 Å². The Hall–Kier alpha value is -2.61. The molecule has 1 aromatic heterocycles. The number of rotatable bonds is 7. The summed E-state index contributed by atoms with van der Waals surface area (Å²) in [4.78, 5) is 17.0. The molecule has 172 valence electrons. The van der Waals surface area contributed by atoms with E-state index in [0.29, 0.717) is 41.6 Å². The number of alkyl halides is 3. The molecule has 0 aliphatic heterocycles. The van der Waals surface area contributed by atoms with E-state index in [0.717, 1.165) is 50.7 Å². The molecule has 0 spiro atoms. The fourth-order valence-electron chi connectivity index (χ4n) is 3.97. The number of ether oxygens (including phenoxy) is 1. The van der Waals surface area contributed by atoms with Crippen molar-refractivity contribution in [3.8, 4) is 17.0 Å². The number of nitrogens with one attached hydrogen (secondary N) is 1. The number of aliphatic hydroxyl groups is 1. The van der Waals surface area contributed by atoms with Gasteiger partial charge in [-0.25, -0.2) is 4.98 Å². The highest BCUT2D eigenvalue weighted by Crippen LogP contribution is 2.35. The van der Waals surface area contributed by atoms with Crippen LogP contribution in [0, 0.1) is 11.8 Å². The highest BCUT2D eigenvalue weighted by molar-refractivity contribution is 5.95. The van der Waals surface area contributed by atoms with Crippen LogP contribution in [-0.2, 0) is 6.18 Å². The molecule has 5 nitrogen and oxygen atoms in total. The van der Waals surface area contributed by atoms with E-state index >= 15 is 0 Å². The number of aliphatic hydroxyl groups excluding tert-OH is 1. The second kappa shape index (κ2) is 9.48. The van der Waals surface area contributed by atoms with Crippen molar-refractivity contribution in [2.75, 3.05) is 13.2 Å². The predicted molar refractivity (Wildman–Crippen MR) is 113 cm³/mol. The third-order valence-electron chi connectivity index (χ3n) is 6.18. The molecule has 0 saturated heterocycles. The number of amides is 1. The topological polar surface area (TPSA) is 71.5 Å². The molecule has 2 N–H and O–H groups in total. The molecule has 0 bridgehead atoms. The summed E-state index contributed by atoms with van der Waals surface area (Å²) in [6.07, 6.45) is 2.39. The van der Waals surface area contributed by atoms with Crippen molar-refractivity contribution < 1.29 is 27.8 Å². The Balaban J connectivity index is 1.53. The SMILES string of the molecule is O=C(NC[C@@H]1CCCC[C@@H]1O)c1cnc(OCC2CC2)c(-c2ccc(C(F)(F)F)cc2)c1. The summed E-state index contributed by atoms with van der Waals surface area (Å²) in [6, 6.07) is 6.35.